The van der Waals surface area contributed by atoms with E-state index in [1.54, 1.807) is 6.08 Å². The minimum atomic E-state index is -0.841. The molecule has 6 nitrogen and oxygen atoms in total. The number of carbonyl (C=O) groups excluding carboxylic acids is 2. The van der Waals surface area contributed by atoms with Crippen LogP contribution < -0.4 is 5.32 Å². The molecule has 0 fully saturated rings. The summed E-state index contributed by atoms with van der Waals surface area (Å²) in [5.41, 5.74) is 0. The molecule has 70 heavy (non-hydrogen) atoms. The number of hydrogen-bond donors (Lipinski definition) is 3. The van der Waals surface area contributed by atoms with Gasteiger partial charge in [-0.2, -0.15) is 0 Å². The van der Waals surface area contributed by atoms with E-state index >= 15 is 0 Å². The fraction of sp³-hybridized carbons (Fsp3) is 0.906. The van der Waals surface area contributed by atoms with Gasteiger partial charge in [-0.05, 0) is 51.4 Å². The van der Waals surface area contributed by atoms with Gasteiger partial charge in [-0.3, -0.25) is 9.59 Å². The zero-order chi connectivity index (χ0) is 50.7. The van der Waals surface area contributed by atoms with Crippen molar-refractivity contribution in [1.29, 1.82) is 0 Å². The molecule has 0 aliphatic carbocycles. The van der Waals surface area contributed by atoms with E-state index in [0.29, 0.717) is 19.4 Å². The maximum atomic E-state index is 12.5. The molecule has 2 atom stereocenters. The fourth-order valence-corrected chi connectivity index (χ4v) is 9.85. The lowest BCUT2D eigenvalue weighted by Gasteiger charge is -2.20. The number of esters is 1. The quantitative estimate of drug-likeness (QED) is 0.0321. The van der Waals surface area contributed by atoms with Gasteiger partial charge in [-0.15, -0.1) is 0 Å². The van der Waals surface area contributed by atoms with E-state index in [9.17, 15) is 19.8 Å². The average molecular weight is 987 g/mol. The molecule has 0 heterocycles. The lowest BCUT2D eigenvalue weighted by molar-refractivity contribution is -0.143. The molecule has 0 saturated heterocycles. The third-order valence-electron chi connectivity index (χ3n) is 14.7. The van der Waals surface area contributed by atoms with Crippen molar-refractivity contribution in [3.63, 3.8) is 0 Å². The molecule has 0 saturated carbocycles. The van der Waals surface area contributed by atoms with Crippen LogP contribution in [-0.2, 0) is 14.3 Å². The van der Waals surface area contributed by atoms with Crippen LogP contribution in [0.1, 0.15) is 348 Å². The zero-order valence-corrected chi connectivity index (χ0v) is 47.3. The molecule has 0 rings (SSSR count). The molecule has 2 unspecified atom stereocenters. The Hall–Kier alpha value is -1.66. The number of aliphatic hydroxyl groups is 2. The molecule has 6 heteroatoms. The van der Waals surface area contributed by atoms with Crippen LogP contribution in [0.5, 0.6) is 0 Å². The van der Waals surface area contributed by atoms with Crippen LogP contribution in [0.15, 0.2) is 24.3 Å². The molecule has 414 valence electrons. The van der Waals surface area contributed by atoms with Crippen LogP contribution in [0.4, 0.5) is 0 Å². The van der Waals surface area contributed by atoms with E-state index in [2.05, 4.69) is 31.3 Å². The molecule has 0 bridgehead atoms. The molecular formula is C64H123NO5. The molecule has 0 aromatic carbocycles. The highest BCUT2D eigenvalue weighted by Gasteiger charge is 2.18. The minimum Gasteiger partial charge on any atom is -0.466 e. The summed E-state index contributed by atoms with van der Waals surface area (Å²) in [6.07, 6.45) is 73.8. The summed E-state index contributed by atoms with van der Waals surface area (Å²) >= 11 is 0. The number of nitrogens with one attached hydrogen (secondary N) is 1. The number of rotatable bonds is 59. The van der Waals surface area contributed by atoms with Gasteiger partial charge in [0.1, 0.15) is 0 Å². The van der Waals surface area contributed by atoms with Crippen LogP contribution in [0.3, 0.4) is 0 Å². The first-order valence-electron chi connectivity index (χ1n) is 31.6. The number of unbranched alkanes of at least 4 members (excludes halogenated alkanes) is 46. The molecule has 3 N–H and O–H groups in total. The summed E-state index contributed by atoms with van der Waals surface area (Å²) in [6, 6.07) is -0.624. The third-order valence-corrected chi connectivity index (χ3v) is 14.7. The van der Waals surface area contributed by atoms with Crippen LogP contribution in [0.25, 0.3) is 0 Å². The van der Waals surface area contributed by atoms with Crippen molar-refractivity contribution < 1.29 is 24.5 Å². The number of carbonyl (C=O) groups is 2. The first kappa shape index (κ1) is 68.3. The molecule has 0 aliphatic rings. The molecule has 0 aliphatic heterocycles. The van der Waals surface area contributed by atoms with Crippen LogP contribution in [0.2, 0.25) is 0 Å². The van der Waals surface area contributed by atoms with E-state index in [-0.39, 0.29) is 18.5 Å². The smallest absolute Gasteiger partial charge is 0.305 e. The van der Waals surface area contributed by atoms with Crippen molar-refractivity contribution in [1.82, 2.24) is 5.32 Å². The number of amides is 1. The lowest BCUT2D eigenvalue weighted by Crippen LogP contribution is -2.45. The van der Waals surface area contributed by atoms with Crippen molar-refractivity contribution >= 4 is 11.9 Å². The molecule has 0 aromatic rings. The minimum absolute atomic E-state index is 0.00746. The molecular weight excluding hydrogens is 863 g/mol. The van der Waals surface area contributed by atoms with Crippen molar-refractivity contribution in [2.45, 2.75) is 360 Å². The van der Waals surface area contributed by atoms with Crippen molar-refractivity contribution in [2.24, 2.45) is 0 Å². The number of allylic oxidation sites excluding steroid dienone is 3. The van der Waals surface area contributed by atoms with Crippen molar-refractivity contribution in [3.8, 4) is 0 Å². The van der Waals surface area contributed by atoms with Gasteiger partial charge in [-0.1, -0.05) is 308 Å². The zero-order valence-electron chi connectivity index (χ0n) is 47.3. The molecule has 0 spiro atoms. The van der Waals surface area contributed by atoms with E-state index in [1.165, 1.54) is 276 Å². The Labute approximate surface area is 437 Å². The maximum absolute atomic E-state index is 12.5. The first-order valence-corrected chi connectivity index (χ1v) is 31.6. The average Bonchev–Trinajstić information content (AvgIpc) is 3.36. The molecule has 1 amide bonds. The first-order chi connectivity index (χ1) is 34.5. The lowest BCUT2D eigenvalue weighted by atomic mass is 10.0. The van der Waals surface area contributed by atoms with Gasteiger partial charge >= 0.3 is 5.97 Å². The van der Waals surface area contributed by atoms with Crippen LogP contribution in [0, 0.1) is 0 Å². The largest absolute Gasteiger partial charge is 0.466 e. The Morgan fingerprint density at radius 3 is 1.06 bits per heavy atom. The Morgan fingerprint density at radius 2 is 0.686 bits per heavy atom. The maximum Gasteiger partial charge on any atom is 0.305 e. The Morgan fingerprint density at radius 1 is 0.386 bits per heavy atom. The summed E-state index contributed by atoms with van der Waals surface area (Å²) in [4.78, 5) is 24.4. The van der Waals surface area contributed by atoms with Gasteiger partial charge < -0.3 is 20.3 Å². The van der Waals surface area contributed by atoms with Gasteiger partial charge in [0.25, 0.3) is 0 Å². The van der Waals surface area contributed by atoms with E-state index in [4.69, 9.17) is 4.74 Å². The summed E-state index contributed by atoms with van der Waals surface area (Å²) in [7, 11) is 0. The van der Waals surface area contributed by atoms with Crippen molar-refractivity contribution in [3.05, 3.63) is 24.3 Å². The standard InChI is InChI=1S/C64H123NO5/c1-3-5-7-9-11-13-15-16-33-37-40-44-48-52-56-62(67)61(60-66)65-63(68)57-53-49-45-41-38-34-31-29-27-25-23-21-19-17-18-20-22-24-26-28-30-32-35-39-43-47-51-55-59-70-64(69)58-54-50-46-42-36-14-12-10-8-6-4-2/h10,12,52,56,61-62,66-67H,3-9,11,13-51,53-55,57-60H2,1-2H3,(H,65,68)/b12-10-,56-52+. The predicted octanol–water partition coefficient (Wildman–Crippen LogP) is 19.8. The molecule has 0 radical (unpaired) electrons. The number of hydrogen-bond acceptors (Lipinski definition) is 5. The van der Waals surface area contributed by atoms with Gasteiger partial charge in [0.15, 0.2) is 0 Å². The van der Waals surface area contributed by atoms with Gasteiger partial charge in [0, 0.05) is 12.8 Å². The van der Waals surface area contributed by atoms with Gasteiger partial charge in [0.2, 0.25) is 5.91 Å². The van der Waals surface area contributed by atoms with E-state index < -0.39 is 12.1 Å². The number of ether oxygens (including phenoxy) is 1. The predicted molar refractivity (Wildman–Crippen MR) is 306 cm³/mol. The highest BCUT2D eigenvalue weighted by Crippen LogP contribution is 2.18. The number of aliphatic hydroxyl groups excluding tert-OH is 2. The third kappa shape index (κ3) is 55.7. The Kier molecular flexibility index (Phi) is 58.5. The van der Waals surface area contributed by atoms with Crippen molar-refractivity contribution in [2.75, 3.05) is 13.2 Å². The monoisotopic (exact) mass is 986 g/mol. The highest BCUT2D eigenvalue weighted by molar-refractivity contribution is 5.76. The summed E-state index contributed by atoms with van der Waals surface area (Å²) in [5, 5.41) is 23.1. The van der Waals surface area contributed by atoms with E-state index in [0.717, 1.165) is 44.9 Å². The molecule has 0 aromatic heterocycles. The second kappa shape index (κ2) is 59.9. The second-order valence-corrected chi connectivity index (χ2v) is 21.7. The van der Waals surface area contributed by atoms with Crippen LogP contribution >= 0.6 is 0 Å². The fourth-order valence-electron chi connectivity index (χ4n) is 9.85. The Balaban J connectivity index is 3.36. The van der Waals surface area contributed by atoms with E-state index in [1.807, 2.05) is 6.08 Å². The SMILES string of the molecule is CCCC/C=C\CCCCCCCC(=O)OCCCCCCCCCCCCCCCCCCCCCCCCCCCCCCC(=O)NC(CO)C(O)/C=C/CCCCCCCCCCCCCC. The summed E-state index contributed by atoms with van der Waals surface area (Å²) in [6.45, 7) is 4.88. The summed E-state index contributed by atoms with van der Waals surface area (Å²) < 4.78 is 5.46. The van der Waals surface area contributed by atoms with Gasteiger partial charge in [-0.25, -0.2) is 0 Å². The van der Waals surface area contributed by atoms with Crippen LogP contribution in [-0.4, -0.2) is 47.4 Å². The second-order valence-electron chi connectivity index (χ2n) is 21.7. The van der Waals surface area contributed by atoms with Gasteiger partial charge in [0.05, 0.1) is 25.4 Å². The Bertz CT molecular complexity index is 1090. The summed E-state index contributed by atoms with van der Waals surface area (Å²) in [5.74, 6) is -0.0559. The topological polar surface area (TPSA) is 95.9 Å². The normalized spacial score (nSPS) is 12.7. The highest BCUT2D eigenvalue weighted by atomic mass is 16.5.